The van der Waals surface area contributed by atoms with E-state index in [9.17, 15) is 0 Å². The van der Waals surface area contributed by atoms with Crippen LogP contribution in [0.4, 0.5) is 0 Å². The Morgan fingerprint density at radius 2 is 1.81 bits per heavy atom. The molecule has 1 aromatic heterocycles. The van der Waals surface area contributed by atoms with Crippen LogP contribution in [0, 0.1) is 13.8 Å². The number of hydrogen-bond acceptors (Lipinski definition) is 3. The van der Waals surface area contributed by atoms with Gasteiger partial charge in [0.15, 0.2) is 5.96 Å². The highest BCUT2D eigenvalue weighted by Crippen LogP contribution is 2.11. The molecule has 0 saturated heterocycles. The summed E-state index contributed by atoms with van der Waals surface area (Å²) in [4.78, 5) is 7.25. The zero-order valence-electron chi connectivity index (χ0n) is 18.2. The van der Waals surface area contributed by atoms with Gasteiger partial charge < -0.3 is 10.6 Å². The first-order valence-corrected chi connectivity index (χ1v) is 10.0. The number of guanidine groups is 1. The molecular formula is C20H40N6. The van der Waals surface area contributed by atoms with Crippen molar-refractivity contribution < 1.29 is 0 Å². The maximum Gasteiger partial charge on any atom is 0.191 e. The van der Waals surface area contributed by atoms with Gasteiger partial charge in [-0.1, -0.05) is 0 Å². The van der Waals surface area contributed by atoms with E-state index in [0.717, 1.165) is 50.7 Å². The van der Waals surface area contributed by atoms with Crippen molar-refractivity contribution in [2.24, 2.45) is 12.0 Å². The smallest absolute Gasteiger partial charge is 0.191 e. The molecule has 2 N–H and O–H groups in total. The highest BCUT2D eigenvalue weighted by Gasteiger charge is 2.12. The SMILES string of the molecule is CCNC(=NCCCN(C(C)C)C(C)C)NCCc1c(C)nn(C)c1C. The maximum absolute atomic E-state index is 4.73. The molecule has 0 aromatic carbocycles. The van der Waals surface area contributed by atoms with E-state index in [1.54, 1.807) is 0 Å². The molecule has 26 heavy (non-hydrogen) atoms. The third-order valence-corrected chi connectivity index (χ3v) is 4.84. The van der Waals surface area contributed by atoms with Crippen molar-refractivity contribution in [2.45, 2.75) is 73.4 Å². The lowest BCUT2D eigenvalue weighted by Crippen LogP contribution is -2.39. The van der Waals surface area contributed by atoms with Crippen molar-refractivity contribution in [3.8, 4) is 0 Å². The van der Waals surface area contributed by atoms with Crippen molar-refractivity contribution >= 4 is 5.96 Å². The molecule has 6 heteroatoms. The van der Waals surface area contributed by atoms with E-state index in [1.807, 2.05) is 11.7 Å². The number of nitrogens with zero attached hydrogens (tertiary/aromatic N) is 4. The molecule has 0 spiro atoms. The lowest BCUT2D eigenvalue weighted by atomic mass is 10.1. The number of hydrogen-bond donors (Lipinski definition) is 2. The summed E-state index contributed by atoms with van der Waals surface area (Å²) in [6.45, 7) is 19.0. The lowest BCUT2D eigenvalue weighted by Gasteiger charge is -2.30. The van der Waals surface area contributed by atoms with Crippen LogP contribution in [0.1, 0.15) is 58.0 Å². The normalized spacial score (nSPS) is 12.5. The van der Waals surface area contributed by atoms with Gasteiger partial charge in [-0.25, -0.2) is 0 Å². The van der Waals surface area contributed by atoms with Gasteiger partial charge >= 0.3 is 0 Å². The molecule has 0 radical (unpaired) electrons. The third-order valence-electron chi connectivity index (χ3n) is 4.84. The van der Waals surface area contributed by atoms with Crippen molar-refractivity contribution in [1.29, 1.82) is 0 Å². The number of aryl methyl sites for hydroxylation is 2. The Bertz CT molecular complexity index is 551. The molecule has 0 atom stereocenters. The predicted octanol–water partition coefficient (Wildman–Crippen LogP) is 2.64. The Labute approximate surface area is 160 Å². The molecule has 0 amide bonds. The fraction of sp³-hybridized carbons (Fsp3) is 0.800. The van der Waals surface area contributed by atoms with Crippen LogP contribution < -0.4 is 10.6 Å². The molecule has 6 nitrogen and oxygen atoms in total. The van der Waals surface area contributed by atoms with Gasteiger partial charge in [0.25, 0.3) is 0 Å². The quantitative estimate of drug-likeness (QED) is 0.381. The van der Waals surface area contributed by atoms with E-state index < -0.39 is 0 Å². The Kier molecular flexibility index (Phi) is 9.70. The Morgan fingerprint density at radius 3 is 2.31 bits per heavy atom. The molecular weight excluding hydrogens is 324 g/mol. The van der Waals surface area contributed by atoms with E-state index in [4.69, 9.17) is 4.99 Å². The van der Waals surface area contributed by atoms with Crippen LogP contribution in [0.3, 0.4) is 0 Å². The fourth-order valence-electron chi connectivity index (χ4n) is 3.38. The van der Waals surface area contributed by atoms with Crippen LogP contribution in [0.25, 0.3) is 0 Å². The van der Waals surface area contributed by atoms with Crippen molar-refractivity contribution in [3.63, 3.8) is 0 Å². The molecule has 0 saturated carbocycles. The van der Waals surface area contributed by atoms with Crippen molar-refractivity contribution in [1.82, 2.24) is 25.3 Å². The first kappa shape index (κ1) is 22.5. The Morgan fingerprint density at radius 1 is 1.15 bits per heavy atom. The topological polar surface area (TPSA) is 57.5 Å². The van der Waals surface area contributed by atoms with Gasteiger partial charge in [0, 0.05) is 51.0 Å². The Hall–Kier alpha value is -1.56. The van der Waals surface area contributed by atoms with Crippen LogP contribution in [0.5, 0.6) is 0 Å². The van der Waals surface area contributed by atoms with Gasteiger partial charge in [-0.15, -0.1) is 0 Å². The molecule has 0 aliphatic carbocycles. The average Bonchev–Trinajstić information content (AvgIpc) is 2.79. The van der Waals surface area contributed by atoms with Crippen LogP contribution in [0.15, 0.2) is 4.99 Å². The molecule has 0 aliphatic rings. The molecule has 150 valence electrons. The minimum absolute atomic E-state index is 0.580. The number of nitrogens with one attached hydrogen (secondary N) is 2. The Balaban J connectivity index is 2.48. The van der Waals surface area contributed by atoms with Crippen molar-refractivity contribution in [2.75, 3.05) is 26.2 Å². The molecule has 1 heterocycles. The summed E-state index contributed by atoms with van der Waals surface area (Å²) in [6.07, 6.45) is 2.04. The number of rotatable bonds is 10. The van der Waals surface area contributed by atoms with Gasteiger partial charge in [0.05, 0.1) is 5.69 Å². The summed E-state index contributed by atoms with van der Waals surface area (Å²) < 4.78 is 1.96. The van der Waals surface area contributed by atoms with Gasteiger partial charge in [0.2, 0.25) is 0 Å². The van der Waals surface area contributed by atoms with Gasteiger partial charge in [-0.2, -0.15) is 5.10 Å². The molecule has 1 aromatic rings. The van der Waals surface area contributed by atoms with E-state index >= 15 is 0 Å². The minimum atomic E-state index is 0.580. The van der Waals surface area contributed by atoms with Gasteiger partial charge in [-0.05, 0) is 66.9 Å². The summed E-state index contributed by atoms with van der Waals surface area (Å²) in [5.41, 5.74) is 3.70. The number of aromatic nitrogens is 2. The lowest BCUT2D eigenvalue weighted by molar-refractivity contribution is 0.174. The fourth-order valence-corrected chi connectivity index (χ4v) is 3.38. The number of aliphatic imine (C=N–C) groups is 1. The zero-order valence-corrected chi connectivity index (χ0v) is 18.2. The molecule has 0 aliphatic heterocycles. The summed E-state index contributed by atoms with van der Waals surface area (Å²) in [5, 5.41) is 11.3. The van der Waals surface area contributed by atoms with E-state index in [2.05, 4.69) is 69.1 Å². The molecule has 0 fully saturated rings. The van der Waals surface area contributed by atoms with Crippen LogP contribution in [-0.2, 0) is 13.5 Å². The molecule has 0 bridgehead atoms. The monoisotopic (exact) mass is 364 g/mol. The second-order valence-corrected chi connectivity index (χ2v) is 7.49. The van der Waals surface area contributed by atoms with Gasteiger partial charge in [0.1, 0.15) is 0 Å². The summed E-state index contributed by atoms with van der Waals surface area (Å²) in [5.74, 6) is 0.910. The summed E-state index contributed by atoms with van der Waals surface area (Å²) >= 11 is 0. The maximum atomic E-state index is 4.73. The summed E-state index contributed by atoms with van der Waals surface area (Å²) in [7, 11) is 2.00. The van der Waals surface area contributed by atoms with Crippen LogP contribution in [-0.4, -0.2) is 58.9 Å². The predicted molar refractivity (Wildman–Crippen MR) is 112 cm³/mol. The zero-order chi connectivity index (χ0) is 19.7. The highest BCUT2D eigenvalue weighted by atomic mass is 15.3. The second kappa shape index (κ2) is 11.2. The highest BCUT2D eigenvalue weighted by molar-refractivity contribution is 5.79. The first-order chi connectivity index (χ1) is 12.3. The van der Waals surface area contributed by atoms with Crippen molar-refractivity contribution in [3.05, 3.63) is 17.0 Å². The molecule has 1 rings (SSSR count). The van der Waals surface area contributed by atoms with E-state index in [-0.39, 0.29) is 0 Å². The molecule has 0 unspecified atom stereocenters. The largest absolute Gasteiger partial charge is 0.357 e. The second-order valence-electron chi connectivity index (χ2n) is 7.49. The standard InChI is InChI=1S/C20H40N6/c1-9-21-20(22-12-10-14-26(15(2)3)16(4)5)23-13-11-19-17(6)24-25(8)18(19)7/h15-16H,9-14H2,1-8H3,(H2,21,22,23). The van der Waals surface area contributed by atoms with E-state index in [1.165, 1.54) is 11.3 Å². The summed E-state index contributed by atoms with van der Waals surface area (Å²) in [6, 6.07) is 1.16. The first-order valence-electron chi connectivity index (χ1n) is 10.0. The van der Waals surface area contributed by atoms with Gasteiger partial charge in [-0.3, -0.25) is 14.6 Å². The minimum Gasteiger partial charge on any atom is -0.357 e. The van der Waals surface area contributed by atoms with Crippen LogP contribution in [0.2, 0.25) is 0 Å². The third kappa shape index (κ3) is 6.98. The van der Waals surface area contributed by atoms with E-state index in [0.29, 0.717) is 12.1 Å². The van der Waals surface area contributed by atoms with Crippen LogP contribution >= 0.6 is 0 Å². The average molecular weight is 365 g/mol.